The zero-order valence-corrected chi connectivity index (χ0v) is 35.1. The lowest BCUT2D eigenvalue weighted by Gasteiger charge is -2.37. The number of aromatic nitrogens is 4. The normalized spacial score (nSPS) is 14.3. The monoisotopic (exact) mass is 768 g/mol. The van der Waals surface area contributed by atoms with E-state index in [9.17, 15) is 28.8 Å². The topological polar surface area (TPSA) is 186 Å². The highest BCUT2D eigenvalue weighted by Crippen LogP contribution is 2.32. The summed E-state index contributed by atoms with van der Waals surface area (Å²) in [5.74, 6) is -2.71. The van der Waals surface area contributed by atoms with Crippen molar-refractivity contribution in [2.75, 3.05) is 6.61 Å². The number of nitrogens with zero attached hydrogens (tertiary/aromatic N) is 3. The van der Waals surface area contributed by atoms with E-state index in [1.165, 1.54) is 4.57 Å². The molecule has 1 aromatic carbocycles. The molecule has 0 saturated heterocycles. The van der Waals surface area contributed by atoms with Crippen LogP contribution in [0.3, 0.4) is 0 Å². The zero-order valence-electron chi connectivity index (χ0n) is 35.1. The first-order valence-electron chi connectivity index (χ1n) is 19.1. The quantitative estimate of drug-likeness (QED) is 0.0929. The molecule has 14 heteroatoms. The lowest BCUT2D eigenvalue weighted by molar-refractivity contribution is -0.204. The van der Waals surface area contributed by atoms with Crippen LogP contribution in [-0.2, 0) is 44.7 Å². The Balaban J connectivity index is 2.45. The first-order valence-corrected chi connectivity index (χ1v) is 19.1. The largest absolute Gasteiger partial charge is 0.461 e. The number of aromatic amines is 1. The van der Waals surface area contributed by atoms with Gasteiger partial charge in [0.25, 0.3) is 5.56 Å². The summed E-state index contributed by atoms with van der Waals surface area (Å²) in [7, 11) is 0. The maximum atomic E-state index is 14.1. The van der Waals surface area contributed by atoms with Gasteiger partial charge >= 0.3 is 29.6 Å². The van der Waals surface area contributed by atoms with Gasteiger partial charge in [0.2, 0.25) is 0 Å². The van der Waals surface area contributed by atoms with Crippen LogP contribution < -0.4 is 11.2 Å². The highest BCUT2D eigenvalue weighted by Gasteiger charge is 2.45. The van der Waals surface area contributed by atoms with Crippen molar-refractivity contribution in [1.29, 1.82) is 0 Å². The molecule has 2 heterocycles. The van der Waals surface area contributed by atoms with Crippen molar-refractivity contribution in [1.82, 2.24) is 19.5 Å². The summed E-state index contributed by atoms with van der Waals surface area (Å²) in [5.41, 5.74) is -3.31. The number of fused-ring (bicyclic) bond motifs is 2. The molecule has 304 valence electrons. The number of rotatable bonds is 17. The summed E-state index contributed by atoms with van der Waals surface area (Å²) in [6, 6.07) is 3.58. The third-order valence-electron chi connectivity index (χ3n) is 11.2. The van der Waals surface area contributed by atoms with Crippen molar-refractivity contribution < 1.29 is 38.1 Å². The fraction of sp³-hybridized carbons (Fsp3) is 0.659. The third kappa shape index (κ3) is 10.2. The highest BCUT2D eigenvalue weighted by molar-refractivity contribution is 5.82. The SMILES string of the molecule is CCC(C)(C)C(=O)OC[C@H](OC(=O)C(C)(C)CC)[C@H](OC(=O)C(C)(C)CC)[C@@H](Cn1c2nc(=O)[nH]c(=O)c-2nc2cc(C)c(C)cc21)OC(=O)C(C)(C)CC. The Kier molecular flexibility index (Phi) is 13.9. The molecule has 0 bridgehead atoms. The third-order valence-corrected chi connectivity index (χ3v) is 11.2. The van der Waals surface area contributed by atoms with E-state index >= 15 is 0 Å². The maximum absolute atomic E-state index is 14.1. The number of carbonyl (C=O) groups excluding carboxylic acids is 4. The second-order valence-corrected chi connectivity index (χ2v) is 17.0. The van der Waals surface area contributed by atoms with Crippen LogP contribution in [0.15, 0.2) is 21.7 Å². The Hall–Kier alpha value is -4.62. The Morgan fingerprint density at radius 3 is 1.64 bits per heavy atom. The molecule has 55 heavy (non-hydrogen) atoms. The van der Waals surface area contributed by atoms with E-state index in [-0.39, 0.29) is 18.1 Å². The van der Waals surface area contributed by atoms with Crippen LogP contribution in [0.25, 0.3) is 22.6 Å². The van der Waals surface area contributed by atoms with Gasteiger partial charge in [-0.2, -0.15) is 4.98 Å². The van der Waals surface area contributed by atoms with Crippen molar-refractivity contribution in [3.63, 3.8) is 0 Å². The van der Waals surface area contributed by atoms with Crippen molar-refractivity contribution in [3.05, 3.63) is 44.1 Å². The standard InChI is InChI=1S/C41H60N4O10/c1-15-38(7,8)33(47)52-22-28(54-35(49)40(11,12)17-3)30(55-36(50)41(13,14)18-4)27(53-34(48)39(9,10)16-2)21-45-26-20-24(6)23(5)19-25(26)42-29-31(45)43-37(51)44-32(29)46/h19-20,27-28,30H,15-18,21-22H2,1-14H3,(H,44,46,51)/t27-,28+,30-/m1/s1. The minimum atomic E-state index is -1.57. The predicted octanol–water partition coefficient (Wildman–Crippen LogP) is 6.22. The second kappa shape index (κ2) is 17.0. The molecule has 0 fully saturated rings. The van der Waals surface area contributed by atoms with Gasteiger partial charge in [-0.05, 0) is 118 Å². The van der Waals surface area contributed by atoms with Crippen molar-refractivity contribution in [3.8, 4) is 11.5 Å². The van der Waals surface area contributed by atoms with Crippen molar-refractivity contribution in [2.24, 2.45) is 21.7 Å². The van der Waals surface area contributed by atoms with Crippen LogP contribution in [-0.4, -0.2) is 68.3 Å². The van der Waals surface area contributed by atoms with E-state index in [4.69, 9.17) is 18.9 Å². The fourth-order valence-corrected chi connectivity index (χ4v) is 5.02. The average Bonchev–Trinajstić information content (AvgIpc) is 3.12. The molecule has 0 spiro atoms. The Morgan fingerprint density at radius 1 is 0.673 bits per heavy atom. The number of carbonyl (C=O) groups is 4. The van der Waals surface area contributed by atoms with E-state index in [0.29, 0.717) is 36.7 Å². The Bertz CT molecular complexity index is 1990. The summed E-state index contributed by atoms with van der Waals surface area (Å²) in [5, 5.41) is 0. The van der Waals surface area contributed by atoms with E-state index in [0.717, 1.165) is 11.1 Å². The van der Waals surface area contributed by atoms with Crippen LogP contribution in [0.2, 0.25) is 0 Å². The van der Waals surface area contributed by atoms with Crippen molar-refractivity contribution >= 4 is 34.9 Å². The number of H-pyrrole nitrogens is 1. The van der Waals surface area contributed by atoms with Crippen molar-refractivity contribution in [2.45, 2.75) is 147 Å². The van der Waals surface area contributed by atoms with E-state index in [1.54, 1.807) is 67.5 Å². The number of esters is 4. The molecule has 3 rings (SSSR count). The highest BCUT2D eigenvalue weighted by atomic mass is 16.6. The lowest BCUT2D eigenvalue weighted by Crippen LogP contribution is -2.52. The van der Waals surface area contributed by atoms with Gasteiger partial charge in [0.1, 0.15) is 6.61 Å². The molecule has 0 aliphatic carbocycles. The van der Waals surface area contributed by atoms with Crippen LogP contribution in [0.1, 0.15) is 120 Å². The fourth-order valence-electron chi connectivity index (χ4n) is 5.02. The summed E-state index contributed by atoms with van der Waals surface area (Å²) in [4.78, 5) is 92.1. The zero-order chi connectivity index (χ0) is 41.8. The molecule has 0 radical (unpaired) electrons. The van der Waals surface area contributed by atoms with Gasteiger partial charge in [-0.3, -0.25) is 29.0 Å². The van der Waals surface area contributed by atoms with Gasteiger partial charge in [-0.25, -0.2) is 9.78 Å². The minimum Gasteiger partial charge on any atom is -0.461 e. The summed E-state index contributed by atoms with van der Waals surface area (Å²) in [6.07, 6.45) is -2.95. The molecule has 1 aromatic rings. The molecule has 0 saturated carbocycles. The summed E-state index contributed by atoms with van der Waals surface area (Å²) in [6.45, 7) is 23.7. The van der Waals surface area contributed by atoms with Gasteiger partial charge in [0, 0.05) is 0 Å². The molecule has 2 aliphatic heterocycles. The van der Waals surface area contributed by atoms with Gasteiger partial charge < -0.3 is 23.5 Å². The predicted molar refractivity (Wildman–Crippen MR) is 207 cm³/mol. The smallest absolute Gasteiger partial charge is 0.349 e. The number of aryl methyl sites for hydroxylation is 2. The summed E-state index contributed by atoms with van der Waals surface area (Å²) >= 11 is 0. The number of nitrogens with one attached hydrogen (secondary N) is 1. The van der Waals surface area contributed by atoms with Gasteiger partial charge in [0.15, 0.2) is 29.8 Å². The van der Waals surface area contributed by atoms with Gasteiger partial charge in [-0.1, -0.05) is 27.7 Å². The molecular formula is C41H60N4O10. The van der Waals surface area contributed by atoms with Gasteiger partial charge in [0.05, 0.1) is 39.2 Å². The van der Waals surface area contributed by atoms with Gasteiger partial charge in [-0.15, -0.1) is 0 Å². The molecule has 3 atom stereocenters. The Labute approximate surface area is 323 Å². The summed E-state index contributed by atoms with van der Waals surface area (Å²) < 4.78 is 26.1. The number of benzene rings is 1. The van der Waals surface area contributed by atoms with Crippen LogP contribution >= 0.6 is 0 Å². The molecule has 2 aliphatic rings. The number of hydrogen-bond acceptors (Lipinski definition) is 12. The van der Waals surface area contributed by atoms with E-state index < -0.39 is 81.7 Å². The van der Waals surface area contributed by atoms with Crippen LogP contribution in [0.4, 0.5) is 0 Å². The number of hydrogen-bond donors (Lipinski definition) is 1. The lowest BCUT2D eigenvalue weighted by atomic mass is 9.89. The molecule has 0 amide bonds. The average molecular weight is 769 g/mol. The van der Waals surface area contributed by atoms with E-state index in [1.807, 2.05) is 41.5 Å². The molecular weight excluding hydrogens is 708 g/mol. The first kappa shape index (κ1) is 44.8. The number of ether oxygens (including phenoxy) is 4. The maximum Gasteiger partial charge on any atom is 0.349 e. The molecule has 0 aromatic heterocycles. The molecule has 0 unspecified atom stereocenters. The minimum absolute atomic E-state index is 0.115. The second-order valence-electron chi connectivity index (χ2n) is 17.0. The van der Waals surface area contributed by atoms with E-state index in [2.05, 4.69) is 15.0 Å². The van der Waals surface area contributed by atoms with Crippen LogP contribution in [0, 0.1) is 35.5 Å². The molecule has 1 N–H and O–H groups in total. The first-order chi connectivity index (χ1) is 25.3. The Morgan fingerprint density at radius 2 is 1.13 bits per heavy atom. The molecule has 14 nitrogen and oxygen atoms in total. The van der Waals surface area contributed by atoms with Crippen LogP contribution in [0.5, 0.6) is 0 Å².